The molecule has 3 nitrogen and oxygen atoms in total. The van der Waals surface area contributed by atoms with Gasteiger partial charge in [-0.2, -0.15) is 0 Å². The highest BCUT2D eigenvalue weighted by Crippen LogP contribution is 2.24. The van der Waals surface area contributed by atoms with Gasteiger partial charge in [0.25, 0.3) is 0 Å². The second-order valence-electron chi connectivity index (χ2n) is 5.55. The third-order valence-corrected chi connectivity index (χ3v) is 4.35. The van der Waals surface area contributed by atoms with Crippen LogP contribution in [0.25, 0.3) is 0 Å². The molecule has 3 N–H and O–H groups in total. The van der Waals surface area contributed by atoms with Gasteiger partial charge in [0, 0.05) is 16.4 Å². The number of halogens is 1. The van der Waals surface area contributed by atoms with Crippen LogP contribution < -0.4 is 11.1 Å². The van der Waals surface area contributed by atoms with E-state index < -0.39 is 0 Å². The Morgan fingerprint density at radius 2 is 1.55 bits per heavy atom. The largest absolute Gasteiger partial charge is 0.345 e. The lowest BCUT2D eigenvalue weighted by molar-refractivity contribution is -0.125. The first-order valence-corrected chi connectivity index (χ1v) is 8.14. The van der Waals surface area contributed by atoms with Gasteiger partial charge in [0.15, 0.2) is 0 Å². The van der Waals surface area contributed by atoms with Gasteiger partial charge in [-0.05, 0) is 30.2 Å². The lowest BCUT2D eigenvalue weighted by atomic mass is 9.96. The van der Waals surface area contributed by atoms with E-state index in [4.69, 9.17) is 5.73 Å². The number of rotatable bonds is 5. The molecule has 0 aromatic heterocycles. The molecule has 0 bridgehead atoms. The first-order valence-electron chi connectivity index (χ1n) is 7.35. The van der Waals surface area contributed by atoms with Crippen LogP contribution in [0.2, 0.25) is 0 Å². The van der Waals surface area contributed by atoms with Crippen LogP contribution in [0.15, 0.2) is 59.1 Å². The van der Waals surface area contributed by atoms with Crippen molar-refractivity contribution in [3.05, 3.63) is 70.2 Å². The summed E-state index contributed by atoms with van der Waals surface area (Å²) in [4.78, 5) is 12.4. The second-order valence-corrected chi connectivity index (χ2v) is 6.47. The molecule has 116 valence electrons. The Kier molecular flexibility index (Phi) is 5.75. The molecule has 1 amide bonds. The zero-order chi connectivity index (χ0) is 16.1. The minimum Gasteiger partial charge on any atom is -0.345 e. The van der Waals surface area contributed by atoms with E-state index in [-0.39, 0.29) is 23.9 Å². The van der Waals surface area contributed by atoms with Crippen molar-refractivity contribution in [1.82, 2.24) is 5.32 Å². The average Bonchev–Trinajstić information content (AvgIpc) is 2.53. The van der Waals surface area contributed by atoms with Crippen molar-refractivity contribution in [2.24, 2.45) is 11.7 Å². The smallest absolute Gasteiger partial charge is 0.225 e. The Bertz CT molecular complexity index is 611. The van der Waals surface area contributed by atoms with E-state index in [1.54, 1.807) is 0 Å². The predicted octanol–water partition coefficient (Wildman–Crippen LogP) is 3.64. The SMILES string of the molecule is CC(N)C(C)C(=O)NC(c1ccccc1)c1ccc(Br)cc1. The average molecular weight is 361 g/mol. The molecule has 0 aliphatic carbocycles. The molecular weight excluding hydrogens is 340 g/mol. The summed E-state index contributed by atoms with van der Waals surface area (Å²) >= 11 is 3.44. The first-order chi connectivity index (χ1) is 10.5. The molecule has 22 heavy (non-hydrogen) atoms. The molecule has 0 heterocycles. The molecule has 4 heteroatoms. The van der Waals surface area contributed by atoms with E-state index in [9.17, 15) is 4.79 Å². The highest BCUT2D eigenvalue weighted by molar-refractivity contribution is 9.10. The van der Waals surface area contributed by atoms with Crippen molar-refractivity contribution in [3.63, 3.8) is 0 Å². The minimum atomic E-state index is -0.235. The number of hydrogen-bond acceptors (Lipinski definition) is 2. The van der Waals surface area contributed by atoms with Crippen molar-refractivity contribution in [2.75, 3.05) is 0 Å². The fourth-order valence-corrected chi connectivity index (χ4v) is 2.44. The van der Waals surface area contributed by atoms with Crippen LogP contribution >= 0.6 is 15.9 Å². The molecule has 0 saturated carbocycles. The van der Waals surface area contributed by atoms with Gasteiger partial charge in [-0.15, -0.1) is 0 Å². The summed E-state index contributed by atoms with van der Waals surface area (Å²) < 4.78 is 1.01. The molecule has 3 atom stereocenters. The van der Waals surface area contributed by atoms with Crippen LogP contribution in [0.1, 0.15) is 31.0 Å². The number of nitrogens with one attached hydrogen (secondary N) is 1. The Morgan fingerprint density at radius 1 is 1.00 bits per heavy atom. The Balaban J connectivity index is 2.30. The van der Waals surface area contributed by atoms with Crippen LogP contribution in [-0.4, -0.2) is 11.9 Å². The van der Waals surface area contributed by atoms with Gasteiger partial charge in [-0.3, -0.25) is 4.79 Å². The molecule has 0 aliphatic heterocycles. The Labute approximate surface area is 140 Å². The highest BCUT2D eigenvalue weighted by atomic mass is 79.9. The van der Waals surface area contributed by atoms with Crippen LogP contribution in [0, 0.1) is 5.92 Å². The fraction of sp³-hybridized carbons (Fsp3) is 0.278. The molecule has 3 unspecified atom stereocenters. The summed E-state index contributed by atoms with van der Waals surface area (Å²) in [5.74, 6) is -0.270. The van der Waals surface area contributed by atoms with Gasteiger partial charge >= 0.3 is 0 Å². The lowest BCUT2D eigenvalue weighted by Crippen LogP contribution is -2.40. The van der Waals surface area contributed by atoms with E-state index in [0.717, 1.165) is 15.6 Å². The monoisotopic (exact) mass is 360 g/mol. The molecule has 0 aliphatic rings. The number of hydrogen-bond donors (Lipinski definition) is 2. The maximum absolute atomic E-state index is 12.4. The number of carbonyl (C=O) groups is 1. The first kappa shape index (κ1) is 16.7. The number of benzene rings is 2. The summed E-state index contributed by atoms with van der Waals surface area (Å²) in [6.07, 6.45) is 0. The van der Waals surface area contributed by atoms with E-state index in [2.05, 4.69) is 21.2 Å². The molecule has 0 saturated heterocycles. The molecule has 0 fully saturated rings. The van der Waals surface area contributed by atoms with Crippen molar-refractivity contribution in [2.45, 2.75) is 25.9 Å². The van der Waals surface area contributed by atoms with Gasteiger partial charge in [0.05, 0.1) is 6.04 Å². The van der Waals surface area contributed by atoms with E-state index in [0.29, 0.717) is 0 Å². The fourth-order valence-electron chi connectivity index (χ4n) is 2.17. The Morgan fingerprint density at radius 3 is 2.09 bits per heavy atom. The zero-order valence-corrected chi connectivity index (χ0v) is 14.4. The molecule has 2 aromatic rings. The summed E-state index contributed by atoms with van der Waals surface area (Å²) in [5, 5.41) is 3.12. The second kappa shape index (κ2) is 7.56. The maximum atomic E-state index is 12.4. The summed E-state index contributed by atoms with van der Waals surface area (Å²) in [7, 11) is 0. The topological polar surface area (TPSA) is 55.1 Å². The number of amides is 1. The zero-order valence-electron chi connectivity index (χ0n) is 12.8. The van der Waals surface area contributed by atoms with Crippen LogP contribution in [0.3, 0.4) is 0 Å². The number of nitrogens with two attached hydrogens (primary N) is 1. The van der Waals surface area contributed by atoms with Gasteiger partial charge in [-0.1, -0.05) is 65.3 Å². The van der Waals surface area contributed by atoms with Crippen molar-refractivity contribution >= 4 is 21.8 Å². The molecule has 2 rings (SSSR count). The van der Waals surface area contributed by atoms with Gasteiger partial charge in [0.2, 0.25) is 5.91 Å². The van der Waals surface area contributed by atoms with E-state index >= 15 is 0 Å². The van der Waals surface area contributed by atoms with Crippen LogP contribution in [0.4, 0.5) is 0 Å². The Hall–Kier alpha value is -1.65. The molecule has 2 aromatic carbocycles. The summed E-state index contributed by atoms with van der Waals surface area (Å²) in [6.45, 7) is 3.70. The summed E-state index contributed by atoms with van der Waals surface area (Å²) in [5.41, 5.74) is 7.94. The van der Waals surface area contributed by atoms with Crippen molar-refractivity contribution in [3.8, 4) is 0 Å². The van der Waals surface area contributed by atoms with E-state index in [1.165, 1.54) is 0 Å². The van der Waals surface area contributed by atoms with Crippen LogP contribution in [-0.2, 0) is 4.79 Å². The molecule has 0 spiro atoms. The third-order valence-electron chi connectivity index (χ3n) is 3.83. The lowest BCUT2D eigenvalue weighted by Gasteiger charge is -2.23. The van der Waals surface area contributed by atoms with E-state index in [1.807, 2.05) is 68.4 Å². The van der Waals surface area contributed by atoms with Crippen LogP contribution in [0.5, 0.6) is 0 Å². The van der Waals surface area contributed by atoms with Crippen molar-refractivity contribution in [1.29, 1.82) is 0 Å². The normalized spacial score (nSPS) is 14.9. The molecular formula is C18H21BrN2O. The third kappa shape index (κ3) is 4.18. The number of carbonyl (C=O) groups excluding carboxylic acids is 1. The standard InChI is InChI=1S/C18H21BrN2O/c1-12(13(2)20)18(22)21-17(14-6-4-3-5-7-14)15-8-10-16(19)11-9-15/h3-13,17H,20H2,1-2H3,(H,21,22). The molecule has 0 radical (unpaired) electrons. The quantitative estimate of drug-likeness (QED) is 0.854. The summed E-state index contributed by atoms with van der Waals surface area (Å²) in [6, 6.07) is 17.6. The highest BCUT2D eigenvalue weighted by Gasteiger charge is 2.22. The van der Waals surface area contributed by atoms with Gasteiger partial charge in [-0.25, -0.2) is 0 Å². The predicted molar refractivity (Wildman–Crippen MR) is 93.4 cm³/mol. The van der Waals surface area contributed by atoms with Gasteiger partial charge < -0.3 is 11.1 Å². The maximum Gasteiger partial charge on any atom is 0.225 e. The van der Waals surface area contributed by atoms with Gasteiger partial charge in [0.1, 0.15) is 0 Å². The van der Waals surface area contributed by atoms with Crippen molar-refractivity contribution < 1.29 is 4.79 Å². The minimum absolute atomic E-state index is 0.0354.